The molecule has 1 aliphatic carbocycles. The highest BCUT2D eigenvalue weighted by molar-refractivity contribution is 7.92. The smallest absolute Gasteiger partial charge is 0.244 e. The molecule has 4 rings (SSSR count). The number of nitrogens with one attached hydrogen (secondary N) is 1. The van der Waals surface area contributed by atoms with E-state index >= 15 is 0 Å². The zero-order chi connectivity index (χ0) is 30.3. The lowest BCUT2D eigenvalue weighted by Crippen LogP contribution is -2.55. The Morgan fingerprint density at radius 2 is 1.60 bits per heavy atom. The Hall–Kier alpha value is -3.07. The molecular weight excluding hydrogens is 593 g/mol. The van der Waals surface area contributed by atoms with Crippen LogP contribution in [0.1, 0.15) is 48.8 Å². The zero-order valence-electron chi connectivity index (χ0n) is 23.9. The molecule has 2 amide bonds. The first-order valence-corrected chi connectivity index (χ1v) is 16.7. The van der Waals surface area contributed by atoms with E-state index in [2.05, 4.69) is 5.32 Å². The van der Waals surface area contributed by atoms with Gasteiger partial charge in [-0.3, -0.25) is 13.9 Å². The fourth-order valence-electron chi connectivity index (χ4n) is 5.35. The molecule has 1 fully saturated rings. The maximum Gasteiger partial charge on any atom is 0.244 e. The minimum atomic E-state index is -3.95. The Morgan fingerprint density at radius 1 is 0.929 bits per heavy atom. The van der Waals surface area contributed by atoms with Crippen molar-refractivity contribution in [2.45, 2.75) is 64.1 Å². The highest BCUT2D eigenvalue weighted by Crippen LogP contribution is 2.34. The standard InChI is InChI=1S/C32H37Cl2N3O4S/c1-23-12-9-10-15-25(23)21-36(30(38)22-37(42(2,40)41)28-19-11-18-27(33)31(28)34)29(20-24-13-5-3-6-14-24)32(39)35-26-16-7-4-8-17-26/h3,5-6,9-15,18-19,26,29H,4,7-8,16-17,20-22H2,1-2H3,(H,35,39)/t29-/m0/s1. The topological polar surface area (TPSA) is 86.8 Å². The van der Waals surface area contributed by atoms with Gasteiger partial charge in [0.05, 0.1) is 22.0 Å². The van der Waals surface area contributed by atoms with Crippen molar-refractivity contribution in [1.82, 2.24) is 10.2 Å². The van der Waals surface area contributed by atoms with E-state index in [-0.39, 0.29) is 40.6 Å². The van der Waals surface area contributed by atoms with E-state index in [1.54, 1.807) is 12.1 Å². The first-order valence-electron chi connectivity index (χ1n) is 14.1. The molecule has 0 aromatic heterocycles. The van der Waals surface area contributed by atoms with Gasteiger partial charge in [-0.1, -0.05) is 103 Å². The van der Waals surface area contributed by atoms with E-state index in [1.165, 1.54) is 11.0 Å². The van der Waals surface area contributed by atoms with Crippen LogP contribution in [0.5, 0.6) is 0 Å². The highest BCUT2D eigenvalue weighted by Gasteiger charge is 2.34. The first kappa shape index (κ1) is 31.9. The summed E-state index contributed by atoms with van der Waals surface area (Å²) in [6.07, 6.45) is 6.31. The molecular formula is C32H37Cl2N3O4S. The summed E-state index contributed by atoms with van der Waals surface area (Å²) in [5, 5.41) is 3.40. The summed E-state index contributed by atoms with van der Waals surface area (Å²) in [5.41, 5.74) is 2.81. The van der Waals surface area contributed by atoms with Crippen LogP contribution in [0.2, 0.25) is 10.0 Å². The summed E-state index contributed by atoms with van der Waals surface area (Å²) in [7, 11) is -3.95. The fourth-order valence-corrected chi connectivity index (χ4v) is 6.65. The second-order valence-electron chi connectivity index (χ2n) is 10.8. The zero-order valence-corrected chi connectivity index (χ0v) is 26.3. The number of rotatable bonds is 11. The quantitative estimate of drug-likeness (QED) is 0.275. The van der Waals surface area contributed by atoms with Gasteiger partial charge in [-0.05, 0) is 48.6 Å². The van der Waals surface area contributed by atoms with Gasteiger partial charge in [0.15, 0.2) is 0 Å². The lowest BCUT2D eigenvalue weighted by molar-refractivity contribution is -0.140. The summed E-state index contributed by atoms with van der Waals surface area (Å²) in [4.78, 5) is 29.8. The summed E-state index contributed by atoms with van der Waals surface area (Å²) in [5.74, 6) is -0.779. The van der Waals surface area contributed by atoms with Crippen molar-refractivity contribution in [3.63, 3.8) is 0 Å². The second kappa shape index (κ2) is 14.4. The summed E-state index contributed by atoms with van der Waals surface area (Å²) in [6, 6.07) is 21.0. The second-order valence-corrected chi connectivity index (χ2v) is 13.5. The van der Waals surface area contributed by atoms with Crippen LogP contribution in [0.4, 0.5) is 5.69 Å². The van der Waals surface area contributed by atoms with Crippen LogP contribution in [-0.2, 0) is 32.6 Å². The van der Waals surface area contributed by atoms with Gasteiger partial charge in [0.25, 0.3) is 0 Å². The molecule has 1 saturated carbocycles. The van der Waals surface area contributed by atoms with Crippen molar-refractivity contribution in [3.8, 4) is 0 Å². The number of nitrogens with zero attached hydrogens (tertiary/aromatic N) is 2. The minimum Gasteiger partial charge on any atom is -0.352 e. The van der Waals surface area contributed by atoms with Gasteiger partial charge in [0.1, 0.15) is 12.6 Å². The Labute approximate surface area is 258 Å². The van der Waals surface area contributed by atoms with Crippen LogP contribution in [0.15, 0.2) is 72.8 Å². The largest absolute Gasteiger partial charge is 0.352 e. The van der Waals surface area contributed by atoms with E-state index in [0.717, 1.165) is 59.4 Å². The van der Waals surface area contributed by atoms with Gasteiger partial charge in [-0.25, -0.2) is 8.42 Å². The molecule has 0 bridgehead atoms. The van der Waals surface area contributed by atoms with Crippen molar-refractivity contribution in [2.24, 2.45) is 0 Å². The molecule has 10 heteroatoms. The van der Waals surface area contributed by atoms with E-state index in [9.17, 15) is 18.0 Å². The lowest BCUT2D eigenvalue weighted by atomic mass is 9.94. The van der Waals surface area contributed by atoms with Gasteiger partial charge >= 0.3 is 0 Å². The highest BCUT2D eigenvalue weighted by atomic mass is 35.5. The molecule has 3 aromatic carbocycles. The molecule has 3 aromatic rings. The average molecular weight is 631 g/mol. The third-order valence-corrected chi connectivity index (χ3v) is 9.64. The number of carbonyl (C=O) groups excluding carboxylic acids is 2. The van der Waals surface area contributed by atoms with Crippen LogP contribution in [-0.4, -0.2) is 50.0 Å². The Kier molecular flexibility index (Phi) is 10.9. The SMILES string of the molecule is Cc1ccccc1CN(C(=O)CN(c1cccc(Cl)c1Cl)S(C)(=O)=O)[C@@H](Cc1ccccc1)C(=O)NC1CCCCC1. The minimum absolute atomic E-state index is 0.0266. The normalized spacial score (nSPS) is 14.7. The maximum atomic E-state index is 14.3. The average Bonchev–Trinajstić information content (AvgIpc) is 2.96. The Balaban J connectivity index is 1.75. The van der Waals surface area contributed by atoms with Gasteiger partial charge in [-0.2, -0.15) is 0 Å². The fraction of sp³-hybridized carbons (Fsp3) is 0.375. The summed E-state index contributed by atoms with van der Waals surface area (Å²) in [6.45, 7) is 1.52. The van der Waals surface area contributed by atoms with Crippen LogP contribution >= 0.6 is 23.2 Å². The summed E-state index contributed by atoms with van der Waals surface area (Å²) >= 11 is 12.6. The van der Waals surface area contributed by atoms with E-state index in [4.69, 9.17) is 23.2 Å². The third-order valence-electron chi connectivity index (χ3n) is 7.70. The van der Waals surface area contributed by atoms with Crippen molar-refractivity contribution in [2.75, 3.05) is 17.1 Å². The number of anilines is 1. The first-order chi connectivity index (χ1) is 20.0. The maximum absolute atomic E-state index is 14.3. The molecule has 7 nitrogen and oxygen atoms in total. The number of aryl methyl sites for hydroxylation is 1. The van der Waals surface area contributed by atoms with Gasteiger partial charge in [0, 0.05) is 19.0 Å². The van der Waals surface area contributed by atoms with Crippen molar-refractivity contribution < 1.29 is 18.0 Å². The molecule has 0 heterocycles. The molecule has 1 N–H and O–H groups in total. The number of benzene rings is 3. The Bertz CT molecular complexity index is 1490. The van der Waals surface area contributed by atoms with E-state index in [0.29, 0.717) is 0 Å². The van der Waals surface area contributed by atoms with Crippen molar-refractivity contribution in [1.29, 1.82) is 0 Å². The number of amides is 2. The lowest BCUT2D eigenvalue weighted by Gasteiger charge is -2.35. The van der Waals surface area contributed by atoms with E-state index < -0.39 is 28.5 Å². The number of hydrogen-bond acceptors (Lipinski definition) is 4. The van der Waals surface area contributed by atoms with Gasteiger partial charge in [0.2, 0.25) is 21.8 Å². The summed E-state index contributed by atoms with van der Waals surface area (Å²) < 4.78 is 26.9. The van der Waals surface area contributed by atoms with Crippen LogP contribution < -0.4 is 9.62 Å². The molecule has 0 unspecified atom stereocenters. The molecule has 0 radical (unpaired) electrons. The van der Waals surface area contributed by atoms with Gasteiger partial charge in [-0.15, -0.1) is 0 Å². The number of hydrogen-bond donors (Lipinski definition) is 1. The third kappa shape index (κ3) is 8.27. The van der Waals surface area contributed by atoms with Crippen LogP contribution in [0.25, 0.3) is 0 Å². The molecule has 42 heavy (non-hydrogen) atoms. The monoisotopic (exact) mass is 629 g/mol. The Morgan fingerprint density at radius 3 is 2.26 bits per heavy atom. The predicted octanol–water partition coefficient (Wildman–Crippen LogP) is 6.16. The molecule has 0 spiro atoms. The number of sulfonamides is 1. The molecule has 1 aliphatic rings. The predicted molar refractivity (Wildman–Crippen MR) is 169 cm³/mol. The van der Waals surface area contributed by atoms with Crippen LogP contribution in [0, 0.1) is 6.92 Å². The molecule has 0 saturated heterocycles. The van der Waals surface area contributed by atoms with Crippen molar-refractivity contribution in [3.05, 3.63) is 99.5 Å². The van der Waals surface area contributed by atoms with Crippen LogP contribution in [0.3, 0.4) is 0 Å². The number of carbonyl (C=O) groups is 2. The van der Waals surface area contributed by atoms with E-state index in [1.807, 2.05) is 61.5 Å². The van der Waals surface area contributed by atoms with Crippen molar-refractivity contribution >= 4 is 50.7 Å². The molecule has 0 aliphatic heterocycles. The molecule has 1 atom stereocenters. The number of halogens is 2. The van der Waals surface area contributed by atoms with Gasteiger partial charge < -0.3 is 10.2 Å². The molecule has 224 valence electrons.